The lowest BCUT2D eigenvalue weighted by atomic mass is 10.2. The molecule has 0 unspecified atom stereocenters. The molecule has 1 atom stereocenters. The van der Waals surface area contributed by atoms with E-state index in [9.17, 15) is 19.7 Å². The quantitative estimate of drug-likeness (QED) is 0.472. The molecule has 1 amide bonds. The summed E-state index contributed by atoms with van der Waals surface area (Å²) in [4.78, 5) is 35.5. The number of likely N-dealkylation sites (tertiary alicyclic amines) is 1. The highest BCUT2D eigenvalue weighted by atomic mass is 16.6. The van der Waals surface area contributed by atoms with Crippen LogP contribution >= 0.6 is 0 Å². The molecule has 1 aromatic carbocycles. The molecule has 1 fully saturated rings. The van der Waals surface area contributed by atoms with E-state index in [0.29, 0.717) is 19.4 Å². The summed E-state index contributed by atoms with van der Waals surface area (Å²) in [5.41, 5.74) is -0.124. The predicted molar refractivity (Wildman–Crippen MR) is 83.6 cm³/mol. The molecule has 7 heteroatoms. The van der Waals surface area contributed by atoms with Gasteiger partial charge >= 0.3 is 0 Å². The predicted octanol–water partition coefficient (Wildman–Crippen LogP) is 2.58. The van der Waals surface area contributed by atoms with Gasteiger partial charge in [0.1, 0.15) is 5.75 Å². The molecule has 1 aromatic rings. The first-order chi connectivity index (χ1) is 11.0. The van der Waals surface area contributed by atoms with Crippen molar-refractivity contribution in [2.75, 3.05) is 13.1 Å². The number of nitrogens with zero attached hydrogens (tertiary/aromatic N) is 2. The summed E-state index contributed by atoms with van der Waals surface area (Å²) in [5, 5.41) is 10.7. The van der Waals surface area contributed by atoms with Gasteiger partial charge in [-0.15, -0.1) is 0 Å². The zero-order valence-corrected chi connectivity index (χ0v) is 13.1. The van der Waals surface area contributed by atoms with Crippen LogP contribution in [-0.2, 0) is 4.79 Å². The highest BCUT2D eigenvalue weighted by molar-refractivity contribution is 5.83. The molecule has 2 rings (SSSR count). The molecule has 1 heterocycles. The Morgan fingerprint density at radius 3 is 2.52 bits per heavy atom. The Kier molecular flexibility index (Phi) is 5.67. The summed E-state index contributed by atoms with van der Waals surface area (Å²) in [7, 11) is 0. The van der Waals surface area contributed by atoms with Gasteiger partial charge in [0.25, 0.3) is 11.6 Å². The van der Waals surface area contributed by atoms with Crippen LogP contribution in [-0.4, -0.2) is 41.2 Å². The molecule has 0 radical (unpaired) electrons. The van der Waals surface area contributed by atoms with Crippen molar-refractivity contribution in [3.8, 4) is 5.75 Å². The summed E-state index contributed by atoms with van der Waals surface area (Å²) in [6.45, 7) is 3.06. The molecule has 0 aliphatic carbocycles. The monoisotopic (exact) mass is 320 g/mol. The van der Waals surface area contributed by atoms with E-state index < -0.39 is 11.0 Å². The lowest BCUT2D eigenvalue weighted by Gasteiger charge is -2.24. The third kappa shape index (κ3) is 4.28. The van der Waals surface area contributed by atoms with Crippen molar-refractivity contribution in [1.82, 2.24) is 4.90 Å². The second-order valence-corrected chi connectivity index (χ2v) is 5.60. The number of ether oxygens (including phenoxy) is 1. The van der Waals surface area contributed by atoms with Gasteiger partial charge in [-0.25, -0.2) is 0 Å². The van der Waals surface area contributed by atoms with Gasteiger partial charge in [0.05, 0.1) is 10.5 Å². The van der Waals surface area contributed by atoms with Gasteiger partial charge in [0, 0.05) is 25.2 Å². The maximum absolute atomic E-state index is 12.4. The maximum atomic E-state index is 12.4. The first kappa shape index (κ1) is 16.9. The smallest absolute Gasteiger partial charge is 0.270 e. The van der Waals surface area contributed by atoms with Crippen LogP contribution in [0.3, 0.4) is 0 Å². The number of hydrogen-bond acceptors (Lipinski definition) is 5. The summed E-state index contributed by atoms with van der Waals surface area (Å²) in [6.07, 6.45) is 3.96. The van der Waals surface area contributed by atoms with Crippen LogP contribution in [0.1, 0.15) is 43.0 Å². The van der Waals surface area contributed by atoms with Crippen molar-refractivity contribution in [2.24, 2.45) is 0 Å². The molecule has 0 bridgehead atoms. The number of benzene rings is 1. The lowest BCUT2D eigenvalue weighted by Crippen LogP contribution is -2.41. The lowest BCUT2D eigenvalue weighted by molar-refractivity contribution is -0.384. The molecule has 0 aromatic heterocycles. The van der Waals surface area contributed by atoms with Gasteiger partial charge in [-0.3, -0.25) is 19.7 Å². The Hall–Kier alpha value is -2.44. The van der Waals surface area contributed by atoms with E-state index >= 15 is 0 Å². The molecular weight excluding hydrogens is 300 g/mol. The van der Waals surface area contributed by atoms with Crippen LogP contribution in [0.2, 0.25) is 0 Å². The zero-order chi connectivity index (χ0) is 16.8. The minimum Gasteiger partial charge on any atom is -0.480 e. The van der Waals surface area contributed by atoms with Crippen LogP contribution in [0.15, 0.2) is 18.2 Å². The number of non-ortho nitro benzene ring substituents is 1. The minimum absolute atomic E-state index is 0.0646. The standard InChI is InChI=1S/C16H20N2O5/c1-12(16(20)17-8-4-2-3-5-9-17)23-15-7-6-14(18(21)22)10-13(15)11-19/h6-7,10-12H,2-5,8-9H2,1H3/t12-/m1/s1. The molecule has 124 valence electrons. The van der Waals surface area contributed by atoms with Gasteiger partial charge in [-0.1, -0.05) is 12.8 Å². The minimum atomic E-state index is -0.742. The number of nitro benzene ring substituents is 1. The number of aldehydes is 1. The summed E-state index contributed by atoms with van der Waals surface area (Å²) in [5.74, 6) is 0.0587. The van der Waals surface area contributed by atoms with Crippen molar-refractivity contribution in [1.29, 1.82) is 0 Å². The van der Waals surface area contributed by atoms with Crippen LogP contribution in [0.4, 0.5) is 5.69 Å². The van der Waals surface area contributed by atoms with Gasteiger partial charge in [0.2, 0.25) is 0 Å². The summed E-state index contributed by atoms with van der Waals surface area (Å²) in [6, 6.07) is 3.75. The molecule has 1 aliphatic rings. The third-order valence-corrected chi connectivity index (χ3v) is 3.90. The van der Waals surface area contributed by atoms with Crippen LogP contribution < -0.4 is 4.74 Å². The summed E-state index contributed by atoms with van der Waals surface area (Å²) >= 11 is 0. The van der Waals surface area contributed by atoms with E-state index in [2.05, 4.69) is 0 Å². The molecule has 1 aliphatic heterocycles. The average Bonchev–Trinajstić information content (AvgIpc) is 2.83. The highest BCUT2D eigenvalue weighted by Crippen LogP contribution is 2.24. The number of nitro groups is 1. The van der Waals surface area contributed by atoms with Crippen molar-refractivity contribution in [3.63, 3.8) is 0 Å². The summed E-state index contributed by atoms with van der Waals surface area (Å²) < 4.78 is 5.58. The highest BCUT2D eigenvalue weighted by Gasteiger charge is 2.24. The van der Waals surface area contributed by atoms with Crippen molar-refractivity contribution >= 4 is 17.9 Å². The molecule has 1 saturated heterocycles. The molecule has 0 spiro atoms. The van der Waals surface area contributed by atoms with E-state index in [-0.39, 0.29) is 22.9 Å². The Bertz CT molecular complexity index is 594. The van der Waals surface area contributed by atoms with Gasteiger partial charge in [-0.05, 0) is 25.8 Å². The Labute approximate surface area is 134 Å². The Morgan fingerprint density at radius 2 is 1.96 bits per heavy atom. The van der Waals surface area contributed by atoms with Gasteiger partial charge in [0.15, 0.2) is 12.4 Å². The fraction of sp³-hybridized carbons (Fsp3) is 0.500. The van der Waals surface area contributed by atoms with Crippen LogP contribution in [0, 0.1) is 10.1 Å². The molecule has 23 heavy (non-hydrogen) atoms. The maximum Gasteiger partial charge on any atom is 0.270 e. The normalized spacial score (nSPS) is 16.3. The second kappa shape index (κ2) is 7.71. The molecular formula is C16H20N2O5. The number of carbonyl (C=O) groups is 2. The average molecular weight is 320 g/mol. The Morgan fingerprint density at radius 1 is 1.30 bits per heavy atom. The van der Waals surface area contributed by atoms with Crippen LogP contribution in [0.5, 0.6) is 5.75 Å². The van der Waals surface area contributed by atoms with Crippen molar-refractivity contribution < 1.29 is 19.2 Å². The number of rotatable bonds is 5. The van der Waals surface area contributed by atoms with Crippen molar-refractivity contribution in [2.45, 2.75) is 38.7 Å². The van der Waals surface area contributed by atoms with E-state index in [4.69, 9.17) is 4.74 Å². The van der Waals surface area contributed by atoms with E-state index in [0.717, 1.165) is 31.7 Å². The molecule has 0 saturated carbocycles. The zero-order valence-electron chi connectivity index (χ0n) is 13.1. The number of amides is 1. The van der Waals surface area contributed by atoms with E-state index in [1.54, 1.807) is 11.8 Å². The first-order valence-corrected chi connectivity index (χ1v) is 7.72. The largest absolute Gasteiger partial charge is 0.480 e. The topological polar surface area (TPSA) is 89.7 Å². The van der Waals surface area contributed by atoms with Gasteiger partial charge in [-0.2, -0.15) is 0 Å². The first-order valence-electron chi connectivity index (χ1n) is 7.72. The number of carbonyl (C=O) groups excluding carboxylic acids is 2. The molecule has 0 N–H and O–H groups in total. The Balaban J connectivity index is 2.09. The van der Waals surface area contributed by atoms with Crippen molar-refractivity contribution in [3.05, 3.63) is 33.9 Å². The second-order valence-electron chi connectivity index (χ2n) is 5.60. The SMILES string of the molecule is C[C@@H](Oc1ccc([N+](=O)[O-])cc1C=O)C(=O)N1CCCCCC1. The van der Waals surface area contributed by atoms with Crippen LogP contribution in [0.25, 0.3) is 0 Å². The van der Waals surface area contributed by atoms with Gasteiger partial charge < -0.3 is 9.64 Å². The van der Waals surface area contributed by atoms with E-state index in [1.807, 2.05) is 0 Å². The third-order valence-electron chi connectivity index (χ3n) is 3.90. The van der Waals surface area contributed by atoms with E-state index in [1.165, 1.54) is 12.1 Å². The fourth-order valence-electron chi connectivity index (χ4n) is 2.64. The molecule has 7 nitrogen and oxygen atoms in total. The fourth-order valence-corrected chi connectivity index (χ4v) is 2.64. The number of hydrogen-bond donors (Lipinski definition) is 0.